The summed E-state index contributed by atoms with van der Waals surface area (Å²) in [7, 11) is 0. The van der Waals surface area contributed by atoms with Gasteiger partial charge in [-0.2, -0.15) is 14.7 Å². The molecule has 8 heteroatoms. The SMILES string of the molecule is Cc1[nH]nc2c1c(CC1CCC(C(=O)CN)CC1)nc1c(-c3ccc(-c4ccccc4)nc3)cnn12. The largest absolute Gasteiger partial charge is 0.324 e. The molecule has 5 aromatic rings. The topological polar surface area (TPSA) is 115 Å². The number of pyridine rings is 1. The fraction of sp³-hybridized carbons (Fsp3) is 0.321. The van der Waals surface area contributed by atoms with Crippen molar-refractivity contribution in [1.82, 2.24) is 29.8 Å². The van der Waals surface area contributed by atoms with E-state index in [-0.39, 0.29) is 18.2 Å². The highest BCUT2D eigenvalue weighted by atomic mass is 16.1. The van der Waals surface area contributed by atoms with Crippen molar-refractivity contribution >= 4 is 22.5 Å². The standard InChI is InChI=1S/C28H29N7O/c1-17-26-24(13-18-7-9-20(10-8-18)25(36)14-29)32-27-22(16-31-35(27)28(26)34-33-17)21-11-12-23(30-15-21)19-5-3-2-4-6-19/h2-6,11-12,15-16,18,20H,7-10,13-14,29H2,1H3,(H,33,34). The van der Waals surface area contributed by atoms with Crippen LogP contribution in [0.15, 0.2) is 54.9 Å². The molecule has 0 unspecified atom stereocenters. The minimum absolute atomic E-state index is 0.116. The second kappa shape index (κ2) is 9.28. The van der Waals surface area contributed by atoms with Crippen molar-refractivity contribution in [2.45, 2.75) is 39.0 Å². The van der Waals surface area contributed by atoms with Gasteiger partial charge in [-0.05, 0) is 51.0 Å². The molecular weight excluding hydrogens is 450 g/mol. The minimum Gasteiger partial charge on any atom is -0.324 e. The predicted molar refractivity (Wildman–Crippen MR) is 139 cm³/mol. The van der Waals surface area contributed by atoms with E-state index < -0.39 is 0 Å². The Morgan fingerprint density at radius 1 is 1.03 bits per heavy atom. The van der Waals surface area contributed by atoms with Crippen molar-refractivity contribution in [1.29, 1.82) is 0 Å². The van der Waals surface area contributed by atoms with Gasteiger partial charge >= 0.3 is 0 Å². The third kappa shape index (κ3) is 3.97. The molecule has 1 fully saturated rings. The Morgan fingerprint density at radius 2 is 1.83 bits per heavy atom. The number of aromatic nitrogens is 6. The average Bonchev–Trinajstić information content (AvgIpc) is 3.53. The number of nitrogens with one attached hydrogen (secondary N) is 1. The first-order valence-corrected chi connectivity index (χ1v) is 12.6. The summed E-state index contributed by atoms with van der Waals surface area (Å²) in [6.07, 6.45) is 8.43. The van der Waals surface area contributed by atoms with Gasteiger partial charge in [0.25, 0.3) is 0 Å². The molecule has 36 heavy (non-hydrogen) atoms. The first kappa shape index (κ1) is 22.5. The second-order valence-electron chi connectivity index (χ2n) is 9.79. The van der Waals surface area contributed by atoms with Crippen LogP contribution in [0.4, 0.5) is 0 Å². The van der Waals surface area contributed by atoms with Crippen LogP contribution in [0.2, 0.25) is 0 Å². The van der Waals surface area contributed by atoms with Gasteiger partial charge in [0, 0.05) is 34.5 Å². The fourth-order valence-corrected chi connectivity index (χ4v) is 5.52. The van der Waals surface area contributed by atoms with E-state index in [0.717, 1.165) is 82.6 Å². The van der Waals surface area contributed by atoms with Crippen LogP contribution in [0.1, 0.15) is 37.1 Å². The Balaban J connectivity index is 1.35. The van der Waals surface area contributed by atoms with Gasteiger partial charge in [-0.1, -0.05) is 36.4 Å². The zero-order valence-corrected chi connectivity index (χ0v) is 20.3. The first-order chi connectivity index (χ1) is 17.6. The predicted octanol–water partition coefficient (Wildman–Crippen LogP) is 4.52. The smallest absolute Gasteiger partial charge is 0.186 e. The van der Waals surface area contributed by atoms with Gasteiger partial charge in [0.05, 0.1) is 29.5 Å². The number of nitrogens with two attached hydrogens (primary N) is 1. The van der Waals surface area contributed by atoms with Crippen molar-refractivity contribution in [3.8, 4) is 22.4 Å². The zero-order chi connectivity index (χ0) is 24.6. The molecule has 0 amide bonds. The highest BCUT2D eigenvalue weighted by molar-refractivity contribution is 5.87. The van der Waals surface area contributed by atoms with Crippen molar-refractivity contribution in [3.63, 3.8) is 0 Å². The Morgan fingerprint density at radius 3 is 2.56 bits per heavy atom. The third-order valence-corrected chi connectivity index (χ3v) is 7.53. The van der Waals surface area contributed by atoms with Crippen LogP contribution in [0, 0.1) is 18.8 Å². The van der Waals surface area contributed by atoms with Crippen LogP contribution in [-0.2, 0) is 11.2 Å². The van der Waals surface area contributed by atoms with E-state index in [1.165, 1.54) is 0 Å². The van der Waals surface area contributed by atoms with Crippen LogP contribution in [0.3, 0.4) is 0 Å². The number of fused-ring (bicyclic) bond motifs is 3. The van der Waals surface area contributed by atoms with Crippen molar-refractivity contribution in [2.75, 3.05) is 6.54 Å². The molecule has 4 aromatic heterocycles. The number of aromatic amines is 1. The lowest BCUT2D eigenvalue weighted by Crippen LogP contribution is -2.28. The van der Waals surface area contributed by atoms with Gasteiger partial charge in [0.15, 0.2) is 11.3 Å². The number of hydrogen-bond donors (Lipinski definition) is 2. The maximum atomic E-state index is 12.0. The molecule has 4 heterocycles. The van der Waals surface area contributed by atoms with Crippen LogP contribution in [0.25, 0.3) is 39.1 Å². The number of carbonyl (C=O) groups excluding carboxylic acids is 1. The Hall–Kier alpha value is -3.91. The van der Waals surface area contributed by atoms with Crippen LogP contribution in [0.5, 0.6) is 0 Å². The number of H-pyrrole nitrogens is 1. The number of Topliss-reactive ketones (excluding diaryl/α,β-unsaturated/α-hetero) is 1. The summed E-state index contributed by atoms with van der Waals surface area (Å²) in [5.74, 6) is 0.791. The number of carbonyl (C=O) groups is 1. The van der Waals surface area contributed by atoms with E-state index in [9.17, 15) is 4.79 Å². The molecule has 1 aliphatic carbocycles. The normalized spacial score (nSPS) is 18.2. The molecule has 6 rings (SSSR count). The molecule has 0 atom stereocenters. The molecule has 182 valence electrons. The highest BCUT2D eigenvalue weighted by Gasteiger charge is 2.27. The van der Waals surface area contributed by atoms with E-state index in [4.69, 9.17) is 15.7 Å². The van der Waals surface area contributed by atoms with Crippen LogP contribution in [-0.4, -0.2) is 42.1 Å². The molecular formula is C28H29N7O. The van der Waals surface area contributed by atoms with E-state index in [2.05, 4.69) is 33.5 Å². The van der Waals surface area contributed by atoms with E-state index in [0.29, 0.717) is 5.92 Å². The summed E-state index contributed by atoms with van der Waals surface area (Å²) < 4.78 is 1.82. The monoisotopic (exact) mass is 479 g/mol. The summed E-state index contributed by atoms with van der Waals surface area (Å²) in [6.45, 7) is 2.17. The molecule has 0 aliphatic heterocycles. The zero-order valence-electron chi connectivity index (χ0n) is 20.3. The Labute approximate surface area is 209 Å². The van der Waals surface area contributed by atoms with Crippen molar-refractivity contribution in [2.24, 2.45) is 17.6 Å². The second-order valence-corrected chi connectivity index (χ2v) is 9.79. The van der Waals surface area contributed by atoms with Gasteiger partial charge in [0.2, 0.25) is 0 Å². The summed E-state index contributed by atoms with van der Waals surface area (Å²) in [5.41, 5.74) is 13.1. The summed E-state index contributed by atoms with van der Waals surface area (Å²) in [4.78, 5) is 21.9. The van der Waals surface area contributed by atoms with E-state index in [1.807, 2.05) is 48.1 Å². The summed E-state index contributed by atoms with van der Waals surface area (Å²) in [6, 6.07) is 14.3. The lowest BCUT2D eigenvalue weighted by molar-refractivity contribution is -0.122. The molecule has 0 spiro atoms. The quantitative estimate of drug-likeness (QED) is 0.370. The van der Waals surface area contributed by atoms with Crippen molar-refractivity contribution < 1.29 is 4.79 Å². The molecule has 0 saturated heterocycles. The lowest BCUT2D eigenvalue weighted by Gasteiger charge is -2.27. The highest BCUT2D eigenvalue weighted by Crippen LogP contribution is 2.34. The number of ketones is 1. The maximum Gasteiger partial charge on any atom is 0.186 e. The average molecular weight is 480 g/mol. The fourth-order valence-electron chi connectivity index (χ4n) is 5.52. The van der Waals surface area contributed by atoms with Gasteiger partial charge in [-0.3, -0.25) is 14.9 Å². The van der Waals surface area contributed by atoms with E-state index in [1.54, 1.807) is 0 Å². The summed E-state index contributed by atoms with van der Waals surface area (Å²) in [5, 5.41) is 13.4. The molecule has 8 nitrogen and oxygen atoms in total. The Bertz CT molecular complexity index is 1530. The number of nitrogens with zero attached hydrogens (tertiary/aromatic N) is 5. The van der Waals surface area contributed by atoms with Crippen LogP contribution < -0.4 is 5.73 Å². The number of hydrogen-bond acceptors (Lipinski definition) is 6. The Kier molecular flexibility index (Phi) is 5.81. The molecule has 3 N–H and O–H groups in total. The van der Waals surface area contributed by atoms with Gasteiger partial charge in [-0.15, -0.1) is 0 Å². The molecule has 0 bridgehead atoms. The van der Waals surface area contributed by atoms with Gasteiger partial charge < -0.3 is 5.73 Å². The third-order valence-electron chi connectivity index (χ3n) is 7.53. The molecule has 1 aromatic carbocycles. The number of benzene rings is 1. The van der Waals surface area contributed by atoms with Gasteiger partial charge in [-0.25, -0.2) is 4.98 Å². The first-order valence-electron chi connectivity index (χ1n) is 12.6. The van der Waals surface area contributed by atoms with Crippen LogP contribution >= 0.6 is 0 Å². The molecule has 0 radical (unpaired) electrons. The summed E-state index contributed by atoms with van der Waals surface area (Å²) >= 11 is 0. The van der Waals surface area contributed by atoms with Gasteiger partial charge in [0.1, 0.15) is 5.78 Å². The number of aryl methyl sites for hydroxylation is 1. The lowest BCUT2D eigenvalue weighted by atomic mass is 9.78. The van der Waals surface area contributed by atoms with Crippen molar-refractivity contribution in [3.05, 3.63) is 66.2 Å². The molecule has 1 aliphatic rings. The molecule has 1 saturated carbocycles. The van der Waals surface area contributed by atoms with E-state index >= 15 is 0 Å². The number of rotatable bonds is 6. The minimum atomic E-state index is 0.116. The maximum absolute atomic E-state index is 12.0.